The molecule has 0 aliphatic rings. The van der Waals surface area contributed by atoms with Gasteiger partial charge in [0, 0.05) is 20.2 Å². The van der Waals surface area contributed by atoms with Crippen molar-refractivity contribution < 1.29 is 9.53 Å². The summed E-state index contributed by atoms with van der Waals surface area (Å²) in [5.41, 5.74) is 0. The van der Waals surface area contributed by atoms with Crippen molar-refractivity contribution in [3.8, 4) is 6.07 Å². The molecule has 0 aromatic rings. The molecule has 0 radical (unpaired) electrons. The Kier molecular flexibility index (Phi) is 7.80. The molecule has 0 heterocycles. The van der Waals surface area contributed by atoms with Gasteiger partial charge in [0.25, 0.3) is 0 Å². The number of nitrogens with zero attached hydrogens (tertiary/aromatic N) is 2. The fourth-order valence-corrected chi connectivity index (χ4v) is 1.01. The summed E-state index contributed by atoms with van der Waals surface area (Å²) in [5, 5.41) is 11.2. The monoisotopic (exact) mass is 199 g/mol. The first kappa shape index (κ1) is 12.9. The molecule has 80 valence electrons. The van der Waals surface area contributed by atoms with Crippen LogP contribution in [-0.2, 0) is 9.53 Å². The summed E-state index contributed by atoms with van der Waals surface area (Å²) in [4.78, 5) is 13.1. The molecule has 0 fully saturated rings. The summed E-state index contributed by atoms with van der Waals surface area (Å²) in [6.45, 7) is 1.81. The van der Waals surface area contributed by atoms with Crippen LogP contribution in [0.4, 0.5) is 0 Å². The van der Waals surface area contributed by atoms with Gasteiger partial charge in [0.05, 0.1) is 25.6 Å². The van der Waals surface area contributed by atoms with Gasteiger partial charge in [0.15, 0.2) is 0 Å². The molecule has 5 nitrogen and oxygen atoms in total. The van der Waals surface area contributed by atoms with Gasteiger partial charge in [-0.1, -0.05) is 0 Å². The predicted molar refractivity (Wildman–Crippen MR) is 52.6 cm³/mol. The van der Waals surface area contributed by atoms with Crippen LogP contribution in [0.3, 0.4) is 0 Å². The lowest BCUT2D eigenvalue weighted by atomic mass is 10.3. The van der Waals surface area contributed by atoms with E-state index in [1.807, 2.05) is 6.07 Å². The first-order chi connectivity index (χ1) is 6.76. The van der Waals surface area contributed by atoms with E-state index in [1.165, 1.54) is 0 Å². The van der Waals surface area contributed by atoms with Gasteiger partial charge in [-0.25, -0.2) is 0 Å². The van der Waals surface area contributed by atoms with Crippen LogP contribution in [0.2, 0.25) is 0 Å². The Morgan fingerprint density at radius 2 is 2.29 bits per heavy atom. The Balaban J connectivity index is 3.95. The van der Waals surface area contributed by atoms with Crippen LogP contribution in [0.1, 0.15) is 6.42 Å². The third kappa shape index (κ3) is 5.51. The highest BCUT2D eigenvalue weighted by Crippen LogP contribution is 1.92. The quantitative estimate of drug-likeness (QED) is 0.605. The highest BCUT2D eigenvalue weighted by Gasteiger charge is 2.11. The summed E-state index contributed by atoms with van der Waals surface area (Å²) in [5.74, 6) is -0.000185. The molecule has 0 saturated carbocycles. The van der Waals surface area contributed by atoms with Crippen LogP contribution >= 0.6 is 0 Å². The van der Waals surface area contributed by atoms with Crippen LogP contribution in [0, 0.1) is 11.3 Å². The Morgan fingerprint density at radius 3 is 2.79 bits per heavy atom. The number of ether oxygens (including phenoxy) is 1. The minimum atomic E-state index is -0.000185. The number of rotatable bonds is 7. The van der Waals surface area contributed by atoms with Crippen molar-refractivity contribution >= 4 is 5.91 Å². The van der Waals surface area contributed by atoms with Crippen LogP contribution in [0.5, 0.6) is 0 Å². The molecule has 0 aliphatic carbocycles. The Labute approximate surface area is 84.6 Å². The number of hydrogen-bond donors (Lipinski definition) is 1. The molecule has 1 N–H and O–H groups in total. The van der Waals surface area contributed by atoms with E-state index in [4.69, 9.17) is 10.00 Å². The topological polar surface area (TPSA) is 65.4 Å². The lowest BCUT2D eigenvalue weighted by molar-refractivity contribution is -0.130. The fraction of sp³-hybridized carbons (Fsp3) is 0.778. The first-order valence-corrected chi connectivity index (χ1v) is 4.54. The van der Waals surface area contributed by atoms with Crippen molar-refractivity contribution in [1.29, 1.82) is 5.26 Å². The van der Waals surface area contributed by atoms with E-state index in [0.29, 0.717) is 32.7 Å². The third-order valence-corrected chi connectivity index (χ3v) is 1.74. The maximum absolute atomic E-state index is 11.5. The van der Waals surface area contributed by atoms with E-state index in [1.54, 1.807) is 19.1 Å². The second-order valence-electron chi connectivity index (χ2n) is 2.81. The SMILES string of the molecule is CNCC(=O)N(CCC#N)CCOC. The van der Waals surface area contributed by atoms with Gasteiger partial charge < -0.3 is 15.0 Å². The summed E-state index contributed by atoms with van der Waals surface area (Å²) in [6, 6.07) is 2.02. The Bertz CT molecular complexity index is 201. The Morgan fingerprint density at radius 1 is 1.57 bits per heavy atom. The number of nitriles is 1. The second kappa shape index (κ2) is 8.48. The molecule has 14 heavy (non-hydrogen) atoms. The van der Waals surface area contributed by atoms with Gasteiger partial charge >= 0.3 is 0 Å². The molecule has 0 aromatic heterocycles. The lowest BCUT2D eigenvalue weighted by Gasteiger charge is -2.20. The second-order valence-corrected chi connectivity index (χ2v) is 2.81. The molecule has 0 aromatic carbocycles. The number of carbonyl (C=O) groups excluding carboxylic acids is 1. The van der Waals surface area contributed by atoms with Crippen molar-refractivity contribution in [2.24, 2.45) is 0 Å². The number of methoxy groups -OCH3 is 1. The van der Waals surface area contributed by atoms with Gasteiger partial charge in [0.1, 0.15) is 0 Å². The normalized spacial score (nSPS) is 9.50. The zero-order valence-electron chi connectivity index (χ0n) is 8.75. The lowest BCUT2D eigenvalue weighted by Crippen LogP contribution is -2.39. The number of hydrogen-bond acceptors (Lipinski definition) is 4. The maximum atomic E-state index is 11.5. The molecule has 0 spiro atoms. The Hall–Kier alpha value is -1.12. The van der Waals surface area contributed by atoms with Crippen LogP contribution in [0.25, 0.3) is 0 Å². The van der Waals surface area contributed by atoms with Gasteiger partial charge in [-0.2, -0.15) is 5.26 Å². The fourth-order valence-electron chi connectivity index (χ4n) is 1.01. The van der Waals surface area contributed by atoms with Crippen LogP contribution < -0.4 is 5.32 Å². The molecule has 1 amide bonds. The summed E-state index contributed by atoms with van der Waals surface area (Å²) >= 11 is 0. The summed E-state index contributed by atoms with van der Waals surface area (Å²) in [7, 11) is 3.31. The van der Waals surface area contributed by atoms with Crippen molar-refractivity contribution in [2.75, 3.05) is 40.4 Å². The molecular formula is C9H17N3O2. The molecule has 0 atom stereocenters. The molecule has 0 aliphatic heterocycles. The largest absolute Gasteiger partial charge is 0.383 e. The van der Waals surface area contributed by atoms with E-state index < -0.39 is 0 Å². The van der Waals surface area contributed by atoms with E-state index in [-0.39, 0.29) is 5.91 Å². The molecule has 0 bridgehead atoms. The minimum absolute atomic E-state index is 0.000185. The van der Waals surface area contributed by atoms with Gasteiger partial charge in [-0.05, 0) is 7.05 Å². The molecular weight excluding hydrogens is 182 g/mol. The van der Waals surface area contributed by atoms with E-state index in [0.717, 1.165) is 0 Å². The van der Waals surface area contributed by atoms with Crippen LogP contribution in [-0.4, -0.2) is 51.2 Å². The highest BCUT2D eigenvalue weighted by molar-refractivity contribution is 5.78. The van der Waals surface area contributed by atoms with Gasteiger partial charge in [-0.3, -0.25) is 4.79 Å². The van der Waals surface area contributed by atoms with Crippen molar-refractivity contribution in [3.05, 3.63) is 0 Å². The zero-order valence-corrected chi connectivity index (χ0v) is 8.75. The zero-order chi connectivity index (χ0) is 10.8. The van der Waals surface area contributed by atoms with E-state index in [9.17, 15) is 4.79 Å². The average Bonchev–Trinajstić information content (AvgIpc) is 2.18. The third-order valence-electron chi connectivity index (χ3n) is 1.74. The van der Waals surface area contributed by atoms with E-state index in [2.05, 4.69) is 5.32 Å². The minimum Gasteiger partial charge on any atom is -0.383 e. The van der Waals surface area contributed by atoms with Gasteiger partial charge in [-0.15, -0.1) is 0 Å². The molecule has 0 unspecified atom stereocenters. The maximum Gasteiger partial charge on any atom is 0.236 e. The first-order valence-electron chi connectivity index (χ1n) is 4.54. The number of amides is 1. The standard InChI is InChI=1S/C9H17N3O2/c1-11-8-9(13)12(5-3-4-10)6-7-14-2/h11H,3,5-8H2,1-2H3. The smallest absolute Gasteiger partial charge is 0.236 e. The molecule has 0 saturated heterocycles. The van der Waals surface area contributed by atoms with Gasteiger partial charge in [0.2, 0.25) is 5.91 Å². The van der Waals surface area contributed by atoms with Crippen molar-refractivity contribution in [1.82, 2.24) is 10.2 Å². The number of likely N-dealkylation sites (N-methyl/N-ethyl adjacent to an activating group) is 1. The summed E-state index contributed by atoms with van der Waals surface area (Å²) in [6.07, 6.45) is 0.360. The van der Waals surface area contributed by atoms with E-state index >= 15 is 0 Å². The highest BCUT2D eigenvalue weighted by atomic mass is 16.5. The summed E-state index contributed by atoms with van der Waals surface area (Å²) < 4.78 is 4.88. The average molecular weight is 199 g/mol. The van der Waals surface area contributed by atoms with Crippen molar-refractivity contribution in [2.45, 2.75) is 6.42 Å². The van der Waals surface area contributed by atoms with Crippen molar-refractivity contribution in [3.63, 3.8) is 0 Å². The number of carbonyl (C=O) groups is 1. The number of nitrogens with one attached hydrogen (secondary N) is 1. The molecule has 5 heteroatoms. The van der Waals surface area contributed by atoms with Crippen LogP contribution in [0.15, 0.2) is 0 Å². The molecule has 0 rings (SSSR count). The predicted octanol–water partition coefficient (Wildman–Crippen LogP) is -0.406.